The highest BCUT2D eigenvalue weighted by Gasteiger charge is 2.22. The summed E-state index contributed by atoms with van der Waals surface area (Å²) in [6.07, 6.45) is -0.216. The van der Waals surface area contributed by atoms with Crippen LogP contribution >= 0.6 is 0 Å². The number of carbonyl (C=O) groups is 1. The van der Waals surface area contributed by atoms with Crippen molar-refractivity contribution in [1.82, 2.24) is 9.44 Å². The Labute approximate surface area is 99.2 Å². The molecule has 0 aliphatic heterocycles. The molecular formula is C7H16N4O5S. The number of nitrogens with two attached hydrogens (primary N) is 1. The Morgan fingerprint density at radius 1 is 1.59 bits per heavy atom. The summed E-state index contributed by atoms with van der Waals surface area (Å²) < 4.78 is 30.6. The molecule has 0 aliphatic carbocycles. The Balaban J connectivity index is 4.69. The summed E-state index contributed by atoms with van der Waals surface area (Å²) in [5.74, 6) is -0.290. The lowest BCUT2D eigenvalue weighted by Gasteiger charge is -2.16. The molecule has 10 heteroatoms. The van der Waals surface area contributed by atoms with Crippen molar-refractivity contribution in [3.8, 4) is 0 Å². The quantitative estimate of drug-likeness (QED) is 0.212. The van der Waals surface area contributed by atoms with Gasteiger partial charge in [0.05, 0.1) is 13.2 Å². The minimum atomic E-state index is -4.12. The number of hydrogen-bond acceptors (Lipinski definition) is 6. The molecule has 0 spiro atoms. The molecule has 0 aliphatic rings. The minimum absolute atomic E-state index is 0.290. The molecule has 0 bridgehead atoms. The third kappa shape index (κ3) is 5.92. The fourth-order valence-corrected chi connectivity index (χ4v) is 1.97. The number of nitrogens with zero attached hydrogens (tertiary/aromatic N) is 1. The summed E-state index contributed by atoms with van der Waals surface area (Å²) in [6, 6.07) is -0.896. The first-order valence-corrected chi connectivity index (χ1v) is 6.20. The van der Waals surface area contributed by atoms with Gasteiger partial charge in [-0.05, 0) is 6.42 Å². The number of amides is 1. The maximum absolute atomic E-state index is 11.4. The summed E-state index contributed by atoms with van der Waals surface area (Å²) >= 11 is 0. The van der Waals surface area contributed by atoms with E-state index in [1.807, 2.05) is 0 Å². The molecular weight excluding hydrogens is 252 g/mol. The van der Waals surface area contributed by atoms with Crippen LogP contribution < -0.4 is 15.2 Å². The Bertz CT molecular complexity index is 380. The molecule has 0 saturated carbocycles. The standard InChI is InChI=1S/C7H16N4O5S/c1-3-4-5(6(8)9-13)10-17(14,15)11-7(12)16-2/h5,10,13H,3-4H2,1-2H3,(H2,8,9)(H,11,12). The molecule has 0 saturated heterocycles. The Hall–Kier alpha value is -1.55. The number of carbonyl (C=O) groups excluding carboxylic acids is 1. The topological polar surface area (TPSA) is 143 Å². The number of methoxy groups -OCH3 is 1. The fourth-order valence-electron chi connectivity index (χ4n) is 0.994. The van der Waals surface area contributed by atoms with Gasteiger partial charge in [0.1, 0.15) is 0 Å². The first-order valence-electron chi connectivity index (χ1n) is 4.71. The van der Waals surface area contributed by atoms with Gasteiger partial charge in [-0.1, -0.05) is 18.5 Å². The van der Waals surface area contributed by atoms with Gasteiger partial charge in [0, 0.05) is 0 Å². The highest BCUT2D eigenvalue weighted by atomic mass is 32.2. The summed E-state index contributed by atoms with van der Waals surface area (Å²) in [6.45, 7) is 1.79. The predicted molar refractivity (Wildman–Crippen MR) is 59.7 cm³/mol. The van der Waals surface area contributed by atoms with E-state index in [9.17, 15) is 13.2 Å². The van der Waals surface area contributed by atoms with Gasteiger partial charge in [-0.15, -0.1) is 0 Å². The SMILES string of the molecule is CCCC(NS(=O)(=O)NC(=O)OC)C(N)=NO. The molecule has 5 N–H and O–H groups in total. The van der Waals surface area contributed by atoms with E-state index >= 15 is 0 Å². The molecule has 0 radical (unpaired) electrons. The fraction of sp³-hybridized carbons (Fsp3) is 0.714. The van der Waals surface area contributed by atoms with Gasteiger partial charge < -0.3 is 15.7 Å². The Morgan fingerprint density at radius 3 is 2.59 bits per heavy atom. The molecule has 1 atom stereocenters. The van der Waals surface area contributed by atoms with Gasteiger partial charge in [0.15, 0.2) is 5.84 Å². The van der Waals surface area contributed by atoms with Crippen molar-refractivity contribution < 1.29 is 23.2 Å². The van der Waals surface area contributed by atoms with Crippen molar-refractivity contribution in [1.29, 1.82) is 0 Å². The normalized spacial score (nSPS) is 14.1. The van der Waals surface area contributed by atoms with Gasteiger partial charge in [-0.25, -0.2) is 9.52 Å². The molecule has 1 unspecified atom stereocenters. The average Bonchev–Trinajstić information content (AvgIpc) is 2.26. The van der Waals surface area contributed by atoms with E-state index in [1.165, 1.54) is 0 Å². The first-order chi connectivity index (χ1) is 7.86. The third-order valence-corrected chi connectivity index (χ3v) is 2.78. The zero-order valence-corrected chi connectivity index (χ0v) is 10.3. The third-order valence-electron chi connectivity index (χ3n) is 1.75. The van der Waals surface area contributed by atoms with Crippen molar-refractivity contribution >= 4 is 22.1 Å². The van der Waals surface area contributed by atoms with Gasteiger partial charge in [-0.2, -0.15) is 13.1 Å². The minimum Gasteiger partial charge on any atom is -0.452 e. The summed E-state index contributed by atoms with van der Waals surface area (Å²) in [7, 11) is -3.09. The van der Waals surface area contributed by atoms with Crippen LogP contribution in [0.25, 0.3) is 0 Å². The monoisotopic (exact) mass is 268 g/mol. The van der Waals surface area contributed by atoms with Crippen molar-refractivity contribution in [2.75, 3.05) is 7.11 Å². The second-order valence-electron chi connectivity index (χ2n) is 3.08. The summed E-state index contributed by atoms with van der Waals surface area (Å²) in [4.78, 5) is 10.7. The zero-order valence-electron chi connectivity index (χ0n) is 9.50. The van der Waals surface area contributed by atoms with E-state index < -0.39 is 22.3 Å². The molecule has 0 aromatic rings. The Morgan fingerprint density at radius 2 is 2.18 bits per heavy atom. The van der Waals surface area contributed by atoms with Gasteiger partial charge in [0.25, 0.3) is 0 Å². The molecule has 0 aromatic carbocycles. The largest absolute Gasteiger partial charge is 0.452 e. The van der Waals surface area contributed by atoms with Crippen LogP contribution in [0.3, 0.4) is 0 Å². The number of ether oxygens (including phenoxy) is 1. The lowest BCUT2D eigenvalue weighted by molar-refractivity contribution is 0.177. The van der Waals surface area contributed by atoms with Crippen molar-refractivity contribution in [3.63, 3.8) is 0 Å². The van der Waals surface area contributed by atoms with Crippen LogP contribution in [-0.2, 0) is 14.9 Å². The predicted octanol–water partition coefficient (Wildman–Crippen LogP) is -0.908. The first kappa shape index (κ1) is 15.4. The summed E-state index contributed by atoms with van der Waals surface area (Å²) in [5.41, 5.74) is 5.30. The van der Waals surface area contributed by atoms with E-state index in [0.717, 1.165) is 7.11 Å². The van der Waals surface area contributed by atoms with Crippen molar-refractivity contribution in [3.05, 3.63) is 0 Å². The smallest absolute Gasteiger partial charge is 0.421 e. The van der Waals surface area contributed by atoms with Crippen LogP contribution in [0.1, 0.15) is 19.8 Å². The molecule has 0 fully saturated rings. The summed E-state index contributed by atoms with van der Waals surface area (Å²) in [5, 5.41) is 11.2. The number of nitrogens with one attached hydrogen (secondary N) is 2. The molecule has 0 aromatic heterocycles. The lowest BCUT2D eigenvalue weighted by Crippen LogP contribution is -2.50. The number of hydrogen-bond donors (Lipinski definition) is 4. The highest BCUT2D eigenvalue weighted by molar-refractivity contribution is 7.88. The molecule has 100 valence electrons. The number of amidine groups is 1. The van der Waals surface area contributed by atoms with E-state index in [2.05, 4.69) is 14.6 Å². The maximum atomic E-state index is 11.4. The average molecular weight is 268 g/mol. The molecule has 17 heavy (non-hydrogen) atoms. The van der Waals surface area contributed by atoms with Crippen molar-refractivity contribution in [2.24, 2.45) is 10.9 Å². The van der Waals surface area contributed by atoms with Crippen LogP contribution in [0.4, 0.5) is 4.79 Å². The molecule has 1 amide bonds. The van der Waals surface area contributed by atoms with Crippen LogP contribution in [0.15, 0.2) is 5.16 Å². The lowest BCUT2D eigenvalue weighted by atomic mass is 10.2. The van der Waals surface area contributed by atoms with Crippen LogP contribution in [0.2, 0.25) is 0 Å². The number of oxime groups is 1. The van der Waals surface area contributed by atoms with E-state index in [0.29, 0.717) is 12.8 Å². The van der Waals surface area contributed by atoms with Crippen molar-refractivity contribution in [2.45, 2.75) is 25.8 Å². The molecule has 9 nitrogen and oxygen atoms in total. The second-order valence-corrected chi connectivity index (χ2v) is 4.53. The van der Waals surface area contributed by atoms with E-state index in [4.69, 9.17) is 10.9 Å². The van der Waals surface area contributed by atoms with Crippen LogP contribution in [0.5, 0.6) is 0 Å². The van der Waals surface area contributed by atoms with Gasteiger partial charge in [-0.3, -0.25) is 0 Å². The second kappa shape index (κ2) is 6.91. The zero-order chi connectivity index (χ0) is 13.5. The van der Waals surface area contributed by atoms with E-state index in [1.54, 1.807) is 11.6 Å². The molecule has 0 heterocycles. The Kier molecular flexibility index (Phi) is 6.28. The maximum Gasteiger partial charge on any atom is 0.421 e. The van der Waals surface area contributed by atoms with Gasteiger partial charge in [0.2, 0.25) is 0 Å². The number of rotatable bonds is 6. The highest BCUT2D eigenvalue weighted by Crippen LogP contribution is 1.98. The van der Waals surface area contributed by atoms with Crippen LogP contribution in [0, 0.1) is 0 Å². The molecule has 0 rings (SSSR count). The van der Waals surface area contributed by atoms with Gasteiger partial charge >= 0.3 is 16.3 Å². The van der Waals surface area contributed by atoms with E-state index in [-0.39, 0.29) is 5.84 Å². The van der Waals surface area contributed by atoms with Crippen LogP contribution in [-0.4, -0.2) is 38.7 Å².